The first-order chi connectivity index (χ1) is 18.2. The quantitative estimate of drug-likeness (QED) is 0.201. The molecular formula is C29H29ClN2O5S. The maximum atomic E-state index is 13.7. The molecule has 0 heterocycles. The molecule has 0 atom stereocenters. The maximum Gasteiger partial charge on any atom is 0.282 e. The van der Waals surface area contributed by atoms with Gasteiger partial charge in [-0.15, -0.1) is 0 Å². The number of ether oxygens (including phenoxy) is 2. The maximum absolute atomic E-state index is 13.7. The molecule has 7 nitrogen and oxygen atoms in total. The zero-order chi connectivity index (χ0) is 27.7. The van der Waals surface area contributed by atoms with Gasteiger partial charge in [0, 0.05) is 5.02 Å². The Kier molecular flexibility index (Phi) is 9.94. The van der Waals surface area contributed by atoms with Gasteiger partial charge in [0.25, 0.3) is 15.9 Å². The van der Waals surface area contributed by atoms with Crippen LogP contribution in [0, 0.1) is 11.3 Å². The van der Waals surface area contributed by atoms with Gasteiger partial charge in [0.05, 0.1) is 24.3 Å². The summed E-state index contributed by atoms with van der Waals surface area (Å²) in [5.41, 5.74) is 1.23. The van der Waals surface area contributed by atoms with Crippen LogP contribution in [0.2, 0.25) is 5.02 Å². The second-order valence-corrected chi connectivity index (χ2v) is 10.5. The lowest BCUT2D eigenvalue weighted by Crippen LogP contribution is -2.37. The van der Waals surface area contributed by atoms with Crippen LogP contribution >= 0.6 is 11.6 Å². The Bertz CT molecular complexity index is 1440. The van der Waals surface area contributed by atoms with Gasteiger partial charge in [-0.05, 0) is 85.5 Å². The normalized spacial score (nSPS) is 11.5. The highest BCUT2D eigenvalue weighted by Crippen LogP contribution is 2.31. The van der Waals surface area contributed by atoms with Crippen molar-refractivity contribution in [1.82, 2.24) is 0 Å². The number of sulfonamides is 1. The Morgan fingerprint density at radius 3 is 2.29 bits per heavy atom. The summed E-state index contributed by atoms with van der Waals surface area (Å²) in [6.07, 6.45) is 4.15. The monoisotopic (exact) mass is 552 g/mol. The second-order valence-electron chi connectivity index (χ2n) is 8.31. The van der Waals surface area contributed by atoms with Crippen molar-refractivity contribution in [3.05, 3.63) is 88.5 Å². The summed E-state index contributed by atoms with van der Waals surface area (Å²) in [6, 6.07) is 19.0. The predicted octanol–water partition coefficient (Wildman–Crippen LogP) is 6.42. The Morgan fingerprint density at radius 2 is 1.71 bits per heavy atom. The molecule has 0 aliphatic heterocycles. The highest BCUT2D eigenvalue weighted by molar-refractivity contribution is 7.93. The van der Waals surface area contributed by atoms with E-state index in [1.165, 1.54) is 37.5 Å². The molecule has 0 aliphatic carbocycles. The molecule has 0 saturated heterocycles. The van der Waals surface area contributed by atoms with Gasteiger partial charge in [0.2, 0.25) is 0 Å². The van der Waals surface area contributed by atoms with Gasteiger partial charge in [-0.3, -0.25) is 4.79 Å². The summed E-state index contributed by atoms with van der Waals surface area (Å²) < 4.78 is 39.0. The third kappa shape index (κ3) is 6.74. The van der Waals surface area contributed by atoms with E-state index in [0.29, 0.717) is 33.0 Å². The average molecular weight is 553 g/mol. The number of amides is 1. The molecule has 0 aromatic heterocycles. The van der Waals surface area contributed by atoms with Crippen LogP contribution in [0.1, 0.15) is 37.8 Å². The van der Waals surface area contributed by atoms with Crippen molar-refractivity contribution in [2.75, 3.05) is 18.0 Å². The number of anilines is 1. The fourth-order valence-corrected chi connectivity index (χ4v) is 5.26. The number of aryl methyl sites for hydroxylation is 1. The molecule has 0 bridgehead atoms. The summed E-state index contributed by atoms with van der Waals surface area (Å²) in [7, 11) is -2.91. The zero-order valence-electron chi connectivity index (χ0n) is 21.5. The van der Waals surface area contributed by atoms with Crippen molar-refractivity contribution < 1.29 is 22.7 Å². The fourth-order valence-electron chi connectivity index (χ4n) is 3.72. The average Bonchev–Trinajstić information content (AvgIpc) is 2.92. The second kappa shape index (κ2) is 13.1. The molecule has 1 amide bonds. The Hall–Kier alpha value is -3.80. The van der Waals surface area contributed by atoms with E-state index in [1.807, 2.05) is 13.0 Å². The van der Waals surface area contributed by atoms with Gasteiger partial charge in [0.1, 0.15) is 11.6 Å². The minimum absolute atomic E-state index is 0.121. The molecule has 0 N–H and O–H groups in total. The third-order valence-electron chi connectivity index (χ3n) is 5.68. The van der Waals surface area contributed by atoms with Crippen LogP contribution in [0.4, 0.5) is 5.69 Å². The van der Waals surface area contributed by atoms with E-state index < -0.39 is 15.9 Å². The smallest absolute Gasteiger partial charge is 0.282 e. The van der Waals surface area contributed by atoms with Gasteiger partial charge in [-0.25, -0.2) is 8.42 Å². The Labute approximate surface area is 228 Å². The number of carbonyl (C=O) groups excluding carboxylic acids is 1. The van der Waals surface area contributed by atoms with Crippen molar-refractivity contribution in [3.8, 4) is 17.6 Å². The number of rotatable bonds is 11. The van der Waals surface area contributed by atoms with E-state index >= 15 is 0 Å². The largest absolute Gasteiger partial charge is 0.493 e. The molecule has 3 rings (SSSR count). The SMILES string of the molecule is CCCCc1ccc(N(C(=O)/C(C#N)=C/c2ccc(OCC)c(OC)c2)S(=O)(=O)c2ccc(Cl)cc2)cc1. The molecule has 38 heavy (non-hydrogen) atoms. The van der Waals surface area contributed by atoms with Gasteiger partial charge >= 0.3 is 0 Å². The van der Waals surface area contributed by atoms with Crippen LogP contribution in [0.3, 0.4) is 0 Å². The lowest BCUT2D eigenvalue weighted by Gasteiger charge is -2.23. The van der Waals surface area contributed by atoms with E-state index in [1.54, 1.807) is 42.5 Å². The number of carbonyl (C=O) groups is 1. The summed E-state index contributed by atoms with van der Waals surface area (Å²) >= 11 is 5.95. The standard InChI is InChI=1S/C29H29ClN2O5S/c1-4-6-7-21-8-13-25(14-9-21)32(38(34,35)26-15-11-24(30)12-16-26)29(33)23(20-31)18-22-10-17-27(37-5-2)28(19-22)36-3/h8-19H,4-7H2,1-3H3/b23-18+. The fraction of sp³-hybridized carbons (Fsp3) is 0.241. The number of hydrogen-bond acceptors (Lipinski definition) is 6. The Balaban J connectivity index is 2.10. The van der Waals surface area contributed by atoms with Crippen LogP contribution in [0.15, 0.2) is 77.2 Å². The number of benzene rings is 3. The number of nitrogens with zero attached hydrogens (tertiary/aromatic N) is 2. The van der Waals surface area contributed by atoms with Crippen LogP contribution in [0.25, 0.3) is 6.08 Å². The van der Waals surface area contributed by atoms with Crippen LogP contribution in [-0.2, 0) is 21.2 Å². The number of methoxy groups -OCH3 is 1. The highest BCUT2D eigenvalue weighted by Gasteiger charge is 2.33. The van der Waals surface area contributed by atoms with E-state index in [9.17, 15) is 18.5 Å². The molecule has 198 valence electrons. The predicted molar refractivity (Wildman–Crippen MR) is 149 cm³/mol. The van der Waals surface area contributed by atoms with Crippen molar-refractivity contribution in [2.24, 2.45) is 0 Å². The van der Waals surface area contributed by atoms with Crippen molar-refractivity contribution in [2.45, 2.75) is 38.0 Å². The molecular weight excluding hydrogens is 524 g/mol. The molecule has 0 aliphatic rings. The van der Waals surface area contributed by atoms with Gasteiger partial charge in [0.15, 0.2) is 11.5 Å². The van der Waals surface area contributed by atoms with Crippen molar-refractivity contribution in [1.29, 1.82) is 5.26 Å². The lowest BCUT2D eigenvalue weighted by atomic mass is 10.1. The molecule has 0 saturated carbocycles. The van der Waals surface area contributed by atoms with Crippen molar-refractivity contribution >= 4 is 39.3 Å². The number of unbranched alkanes of at least 4 members (excludes halogenated alkanes) is 1. The van der Waals surface area contributed by atoms with Crippen LogP contribution in [-0.4, -0.2) is 28.0 Å². The molecule has 3 aromatic rings. The first-order valence-corrected chi connectivity index (χ1v) is 13.9. The molecule has 0 radical (unpaired) electrons. The molecule has 9 heteroatoms. The minimum atomic E-state index is -4.39. The number of hydrogen-bond donors (Lipinski definition) is 0. The molecule has 0 fully saturated rings. The number of halogens is 1. The van der Waals surface area contributed by atoms with E-state index in [0.717, 1.165) is 24.8 Å². The van der Waals surface area contributed by atoms with E-state index in [2.05, 4.69) is 6.92 Å². The van der Waals surface area contributed by atoms with Crippen LogP contribution < -0.4 is 13.8 Å². The Morgan fingerprint density at radius 1 is 1.03 bits per heavy atom. The van der Waals surface area contributed by atoms with E-state index in [4.69, 9.17) is 21.1 Å². The van der Waals surface area contributed by atoms with Gasteiger partial charge in [-0.2, -0.15) is 9.57 Å². The summed E-state index contributed by atoms with van der Waals surface area (Å²) in [5, 5.41) is 10.2. The summed E-state index contributed by atoms with van der Waals surface area (Å²) in [5.74, 6) is -0.0673. The summed E-state index contributed by atoms with van der Waals surface area (Å²) in [4.78, 5) is 13.6. The topological polar surface area (TPSA) is 96.7 Å². The molecule has 0 spiro atoms. The molecule has 0 unspecified atom stereocenters. The highest BCUT2D eigenvalue weighted by atomic mass is 35.5. The van der Waals surface area contributed by atoms with E-state index in [-0.39, 0.29) is 16.2 Å². The molecule has 3 aromatic carbocycles. The van der Waals surface area contributed by atoms with Crippen LogP contribution in [0.5, 0.6) is 11.5 Å². The first-order valence-electron chi connectivity index (χ1n) is 12.1. The third-order valence-corrected chi connectivity index (χ3v) is 7.65. The van der Waals surface area contributed by atoms with Crippen molar-refractivity contribution in [3.63, 3.8) is 0 Å². The minimum Gasteiger partial charge on any atom is -0.493 e. The van der Waals surface area contributed by atoms with Gasteiger partial charge < -0.3 is 9.47 Å². The van der Waals surface area contributed by atoms with Gasteiger partial charge in [-0.1, -0.05) is 43.1 Å². The summed E-state index contributed by atoms with van der Waals surface area (Å²) in [6.45, 7) is 4.36. The lowest BCUT2D eigenvalue weighted by molar-refractivity contribution is -0.113. The number of nitriles is 1. The first kappa shape index (κ1) is 28.8. The zero-order valence-corrected chi connectivity index (χ0v) is 23.1.